The van der Waals surface area contributed by atoms with Gasteiger partial charge in [0.05, 0.1) is 0 Å². The molecule has 0 aromatic heterocycles. The second-order valence-electron chi connectivity index (χ2n) is 15.6. The molecular formula is C43H50F13N5O9. The molecule has 0 bridgehead atoms. The van der Waals surface area contributed by atoms with Gasteiger partial charge < -0.3 is 36.0 Å². The van der Waals surface area contributed by atoms with E-state index in [-0.39, 0.29) is 11.7 Å². The number of alkyl halides is 12. The van der Waals surface area contributed by atoms with Gasteiger partial charge in [-0.25, -0.2) is 23.6 Å². The number of piperazine rings is 1. The zero-order chi connectivity index (χ0) is 53.8. The van der Waals surface area contributed by atoms with Gasteiger partial charge in [0.2, 0.25) is 0 Å². The second kappa shape index (κ2) is 28.0. The van der Waals surface area contributed by atoms with Gasteiger partial charge in [-0.1, -0.05) is 42.8 Å². The van der Waals surface area contributed by atoms with E-state index in [1.165, 1.54) is 30.9 Å². The standard InChI is InChI=1S/C35H46FN5O.4C2HF3O2/c1-26-22-40(17-15-37-26)23-28-8-6-10-30(18-28)33-20-27(13-14-34(33)36)21-38-35(42)31-11-7-9-29(19-31)24-41-16-5-4-12-32(41)25-39(2)3;4*3-2(4,5)1(6)7/h6-11,13-14,18-20,26,32,37H,4-5,12,15-17,21-25H2,1-3H3,(H,38,42);4*(H,6,7)/t26-,32?;;;;/m0..../s1. The van der Waals surface area contributed by atoms with Crippen LogP contribution in [0.2, 0.25) is 0 Å². The number of carbonyl (C=O) groups is 5. The molecule has 2 heterocycles. The average molecular weight is 1030 g/mol. The minimum Gasteiger partial charge on any atom is -0.475 e. The number of carboxylic acids is 4. The van der Waals surface area contributed by atoms with Crippen LogP contribution >= 0.6 is 0 Å². The van der Waals surface area contributed by atoms with Crippen molar-refractivity contribution in [3.8, 4) is 11.1 Å². The molecule has 2 aliphatic heterocycles. The van der Waals surface area contributed by atoms with Crippen LogP contribution in [0, 0.1) is 5.82 Å². The molecule has 3 aromatic rings. The molecule has 0 spiro atoms. The number of hydrogen-bond acceptors (Lipinski definition) is 9. The number of carboxylic acid groups (broad SMARTS) is 4. The summed E-state index contributed by atoms with van der Waals surface area (Å²) in [5.41, 5.74) is 5.29. The highest BCUT2D eigenvalue weighted by atomic mass is 19.4. The average Bonchev–Trinajstić information content (AvgIpc) is 3.23. The Morgan fingerprint density at radius 2 is 1.17 bits per heavy atom. The van der Waals surface area contributed by atoms with Crippen molar-refractivity contribution in [2.45, 2.75) is 82.6 Å². The lowest BCUT2D eigenvalue weighted by molar-refractivity contribution is -0.193. The predicted octanol–water partition coefficient (Wildman–Crippen LogP) is 7.67. The van der Waals surface area contributed by atoms with E-state index < -0.39 is 48.6 Å². The van der Waals surface area contributed by atoms with E-state index in [0.717, 1.165) is 62.5 Å². The first-order valence-corrected chi connectivity index (χ1v) is 20.4. The summed E-state index contributed by atoms with van der Waals surface area (Å²) in [7, 11) is 4.27. The zero-order valence-corrected chi connectivity index (χ0v) is 37.4. The molecule has 0 radical (unpaired) electrons. The fourth-order valence-corrected chi connectivity index (χ4v) is 6.38. The molecule has 0 saturated carbocycles. The lowest BCUT2D eigenvalue weighted by Gasteiger charge is -2.37. The van der Waals surface area contributed by atoms with Gasteiger partial charge in [-0.05, 0) is 93.0 Å². The summed E-state index contributed by atoms with van der Waals surface area (Å²) in [5, 5.41) is 35.0. The SMILES string of the molecule is C[C@H]1CN(Cc2cccc(-c3cc(CNC(=O)c4cccc(CN5CCCCC5CN(C)C)c4)ccc3F)c2)CCN1.O=C(O)C(F)(F)F.O=C(O)C(F)(F)F.O=C(O)C(F)(F)F.O=C(O)C(F)(F)F. The third-order valence-corrected chi connectivity index (χ3v) is 9.45. The Hall–Kier alpha value is -6.06. The molecule has 70 heavy (non-hydrogen) atoms. The van der Waals surface area contributed by atoms with E-state index >= 15 is 0 Å². The highest BCUT2D eigenvalue weighted by Crippen LogP contribution is 2.26. The Balaban J connectivity index is 0.000000708. The number of aliphatic carboxylic acids is 4. The first-order chi connectivity index (χ1) is 32.1. The monoisotopic (exact) mass is 1030 g/mol. The maximum absolute atomic E-state index is 15.0. The van der Waals surface area contributed by atoms with Crippen LogP contribution in [0.5, 0.6) is 0 Å². The molecule has 0 aliphatic carbocycles. The van der Waals surface area contributed by atoms with Crippen LogP contribution in [-0.4, -0.2) is 149 Å². The minimum atomic E-state index is -5.08. The molecule has 1 amide bonds. The maximum atomic E-state index is 15.0. The van der Waals surface area contributed by atoms with Crippen molar-refractivity contribution in [2.24, 2.45) is 0 Å². The van der Waals surface area contributed by atoms with E-state index in [0.29, 0.717) is 29.8 Å². The normalized spacial score (nSPS) is 16.6. The molecular weight excluding hydrogens is 977 g/mol. The van der Waals surface area contributed by atoms with Gasteiger partial charge in [-0.3, -0.25) is 14.6 Å². The van der Waals surface area contributed by atoms with Crippen LogP contribution in [0.15, 0.2) is 66.7 Å². The number of carbonyl (C=O) groups excluding carboxylic acids is 1. The predicted molar refractivity (Wildman–Crippen MR) is 224 cm³/mol. The van der Waals surface area contributed by atoms with Crippen molar-refractivity contribution in [3.05, 3.63) is 94.8 Å². The molecule has 2 atom stereocenters. The summed E-state index contributed by atoms with van der Waals surface area (Å²) >= 11 is 0. The van der Waals surface area contributed by atoms with Crippen molar-refractivity contribution in [2.75, 3.05) is 46.8 Å². The summed E-state index contributed by atoms with van der Waals surface area (Å²) in [6.07, 6.45) is -16.6. The Labute approximate surface area is 391 Å². The van der Waals surface area contributed by atoms with Crippen molar-refractivity contribution in [1.29, 1.82) is 0 Å². The van der Waals surface area contributed by atoms with Crippen LogP contribution in [0.4, 0.5) is 57.1 Å². The maximum Gasteiger partial charge on any atom is 0.490 e. The molecule has 2 fully saturated rings. The highest BCUT2D eigenvalue weighted by molar-refractivity contribution is 5.94. The largest absolute Gasteiger partial charge is 0.490 e. The number of benzene rings is 3. The zero-order valence-electron chi connectivity index (χ0n) is 37.4. The molecule has 2 saturated heterocycles. The first-order valence-electron chi connectivity index (χ1n) is 20.4. The van der Waals surface area contributed by atoms with E-state index in [1.54, 1.807) is 6.07 Å². The smallest absolute Gasteiger partial charge is 0.475 e. The molecule has 14 nitrogen and oxygen atoms in total. The molecule has 6 N–H and O–H groups in total. The lowest BCUT2D eigenvalue weighted by Crippen LogP contribution is -2.48. The van der Waals surface area contributed by atoms with Crippen LogP contribution < -0.4 is 10.6 Å². The summed E-state index contributed by atoms with van der Waals surface area (Å²) in [6.45, 7) is 9.41. The Morgan fingerprint density at radius 1 is 0.671 bits per heavy atom. The second-order valence-corrected chi connectivity index (χ2v) is 15.6. The van der Waals surface area contributed by atoms with Crippen molar-refractivity contribution >= 4 is 29.8 Å². The van der Waals surface area contributed by atoms with E-state index in [1.807, 2.05) is 36.4 Å². The number of likely N-dealkylation sites (tertiary alicyclic amines) is 1. The van der Waals surface area contributed by atoms with Gasteiger partial charge in [0.25, 0.3) is 5.91 Å². The molecule has 27 heteroatoms. The number of nitrogens with one attached hydrogen (secondary N) is 2. The Bertz CT molecular complexity index is 2070. The van der Waals surface area contributed by atoms with E-state index in [2.05, 4.69) is 64.6 Å². The summed E-state index contributed by atoms with van der Waals surface area (Å²) < 4.78 is 142. The lowest BCUT2D eigenvalue weighted by atomic mass is 9.99. The van der Waals surface area contributed by atoms with Crippen LogP contribution in [-0.2, 0) is 38.8 Å². The topological polar surface area (TPSA) is 200 Å². The van der Waals surface area contributed by atoms with Gasteiger partial charge in [-0.2, -0.15) is 52.7 Å². The summed E-state index contributed by atoms with van der Waals surface area (Å²) in [5.74, 6) is -11.4. The Morgan fingerprint density at radius 3 is 1.66 bits per heavy atom. The molecule has 2 aliphatic rings. The minimum absolute atomic E-state index is 0.113. The van der Waals surface area contributed by atoms with Crippen molar-refractivity contribution < 1.29 is 101 Å². The number of rotatable bonds is 10. The van der Waals surface area contributed by atoms with E-state index in [4.69, 9.17) is 39.6 Å². The first kappa shape index (κ1) is 62.0. The third-order valence-electron chi connectivity index (χ3n) is 9.45. The van der Waals surface area contributed by atoms with Crippen molar-refractivity contribution in [1.82, 2.24) is 25.3 Å². The van der Waals surface area contributed by atoms with Crippen molar-refractivity contribution in [3.63, 3.8) is 0 Å². The molecule has 1 unspecified atom stereocenters. The van der Waals surface area contributed by atoms with Gasteiger partial charge in [0.15, 0.2) is 0 Å². The summed E-state index contributed by atoms with van der Waals surface area (Å²) in [6, 6.07) is 22.3. The fourth-order valence-electron chi connectivity index (χ4n) is 6.38. The third kappa shape index (κ3) is 24.5. The van der Waals surface area contributed by atoms with Gasteiger partial charge in [0.1, 0.15) is 5.82 Å². The number of likely N-dealkylation sites (N-methyl/N-ethyl adjacent to an activating group) is 1. The quantitative estimate of drug-likeness (QED) is 0.108. The number of halogens is 13. The molecule has 3 aromatic carbocycles. The van der Waals surface area contributed by atoms with Gasteiger partial charge in [0, 0.05) is 69.0 Å². The van der Waals surface area contributed by atoms with Gasteiger partial charge >= 0.3 is 48.6 Å². The summed E-state index contributed by atoms with van der Waals surface area (Å²) in [4.78, 5) is 56.0. The van der Waals surface area contributed by atoms with Crippen LogP contribution in [0.25, 0.3) is 11.1 Å². The number of piperidine rings is 1. The van der Waals surface area contributed by atoms with Crippen LogP contribution in [0.1, 0.15) is 53.2 Å². The molecule has 5 rings (SSSR count). The Kier molecular flexibility index (Phi) is 24.7. The fraction of sp³-hybridized carbons (Fsp3) is 0.465. The molecule has 392 valence electrons. The van der Waals surface area contributed by atoms with Crippen LogP contribution in [0.3, 0.4) is 0 Å². The number of hydrogen-bond donors (Lipinski definition) is 6. The number of amides is 1. The van der Waals surface area contributed by atoms with E-state index in [9.17, 15) is 61.9 Å². The highest BCUT2D eigenvalue weighted by Gasteiger charge is 2.40. The number of nitrogens with zero attached hydrogens (tertiary/aromatic N) is 3. The van der Waals surface area contributed by atoms with Gasteiger partial charge in [-0.15, -0.1) is 0 Å².